The van der Waals surface area contributed by atoms with E-state index < -0.39 is 0 Å². The minimum atomic E-state index is 0.267. The lowest BCUT2D eigenvalue weighted by Gasteiger charge is -2.07. The second-order valence-corrected chi connectivity index (χ2v) is 5.44. The molecule has 1 aromatic heterocycles. The third kappa shape index (κ3) is 3.17. The average molecular weight is 294 g/mol. The van der Waals surface area contributed by atoms with Crippen LogP contribution in [0.5, 0.6) is 5.75 Å². The van der Waals surface area contributed by atoms with Gasteiger partial charge in [0.05, 0.1) is 0 Å². The van der Waals surface area contributed by atoms with E-state index in [-0.39, 0.29) is 6.61 Å². The maximum absolute atomic E-state index is 5.75. The average Bonchev–Trinajstić information content (AvgIpc) is 2.95. The molecule has 0 aliphatic rings. The van der Waals surface area contributed by atoms with Crippen LogP contribution in [0.15, 0.2) is 47.0 Å². The molecule has 2 aromatic carbocycles. The van der Waals surface area contributed by atoms with Crippen LogP contribution in [0.4, 0.5) is 0 Å². The number of benzene rings is 2. The molecule has 22 heavy (non-hydrogen) atoms. The van der Waals surface area contributed by atoms with Crippen molar-refractivity contribution in [3.05, 3.63) is 65.0 Å². The molecule has 0 spiro atoms. The van der Waals surface area contributed by atoms with Crippen LogP contribution in [0.2, 0.25) is 0 Å². The van der Waals surface area contributed by atoms with E-state index in [1.54, 1.807) is 0 Å². The summed E-state index contributed by atoms with van der Waals surface area (Å²) in [6, 6.07) is 14.1. The molecule has 3 rings (SSSR count). The lowest BCUT2D eigenvalue weighted by Crippen LogP contribution is -1.97. The van der Waals surface area contributed by atoms with E-state index in [1.807, 2.05) is 50.2 Å². The second kappa shape index (κ2) is 6.02. The van der Waals surface area contributed by atoms with Gasteiger partial charge in [-0.15, -0.1) is 0 Å². The third-order valence-corrected chi connectivity index (χ3v) is 3.43. The molecule has 4 nitrogen and oxygen atoms in total. The van der Waals surface area contributed by atoms with Crippen molar-refractivity contribution in [3.8, 4) is 17.1 Å². The van der Waals surface area contributed by atoms with Gasteiger partial charge in [-0.1, -0.05) is 46.6 Å². The molecule has 3 aromatic rings. The Labute approximate surface area is 129 Å². The summed E-state index contributed by atoms with van der Waals surface area (Å²) in [5, 5.41) is 4.01. The molecule has 0 unspecified atom stereocenters. The summed E-state index contributed by atoms with van der Waals surface area (Å²) in [6.07, 6.45) is 0. The minimum Gasteiger partial charge on any atom is -0.483 e. The van der Waals surface area contributed by atoms with Gasteiger partial charge < -0.3 is 9.26 Å². The molecule has 0 aliphatic heterocycles. The van der Waals surface area contributed by atoms with Crippen LogP contribution in [-0.4, -0.2) is 10.1 Å². The molecule has 4 heteroatoms. The van der Waals surface area contributed by atoms with E-state index in [4.69, 9.17) is 9.26 Å². The zero-order chi connectivity index (χ0) is 15.5. The number of nitrogens with zero attached hydrogens (tertiary/aromatic N) is 2. The summed E-state index contributed by atoms with van der Waals surface area (Å²) in [7, 11) is 0. The molecular formula is C18H18N2O2. The third-order valence-electron chi connectivity index (χ3n) is 3.43. The number of aryl methyl sites for hydroxylation is 3. The minimum absolute atomic E-state index is 0.267. The van der Waals surface area contributed by atoms with Gasteiger partial charge in [0.2, 0.25) is 5.82 Å². The van der Waals surface area contributed by atoms with Gasteiger partial charge in [-0.3, -0.25) is 0 Å². The molecule has 0 fully saturated rings. The molecule has 0 N–H and O–H groups in total. The number of hydrogen-bond acceptors (Lipinski definition) is 4. The Kier molecular flexibility index (Phi) is 3.92. The van der Waals surface area contributed by atoms with Crippen molar-refractivity contribution in [3.63, 3.8) is 0 Å². The number of aromatic nitrogens is 2. The van der Waals surface area contributed by atoms with Crippen molar-refractivity contribution in [2.24, 2.45) is 0 Å². The van der Waals surface area contributed by atoms with E-state index in [0.717, 1.165) is 22.4 Å². The van der Waals surface area contributed by atoms with Crippen molar-refractivity contribution in [1.29, 1.82) is 0 Å². The van der Waals surface area contributed by atoms with Crippen LogP contribution < -0.4 is 4.74 Å². The monoisotopic (exact) mass is 294 g/mol. The van der Waals surface area contributed by atoms with Crippen molar-refractivity contribution < 1.29 is 9.26 Å². The fourth-order valence-electron chi connectivity index (χ4n) is 2.32. The van der Waals surface area contributed by atoms with Crippen LogP contribution in [-0.2, 0) is 6.61 Å². The largest absolute Gasteiger partial charge is 0.483 e. The van der Waals surface area contributed by atoms with Gasteiger partial charge in [0.15, 0.2) is 6.61 Å². The van der Waals surface area contributed by atoms with E-state index in [1.165, 1.54) is 5.56 Å². The van der Waals surface area contributed by atoms with E-state index in [2.05, 4.69) is 23.1 Å². The van der Waals surface area contributed by atoms with Crippen LogP contribution >= 0.6 is 0 Å². The number of ether oxygens (including phenoxy) is 1. The highest BCUT2D eigenvalue weighted by atomic mass is 16.5. The Morgan fingerprint density at radius 1 is 1.00 bits per heavy atom. The van der Waals surface area contributed by atoms with Crippen LogP contribution in [0.3, 0.4) is 0 Å². The number of rotatable bonds is 4. The first-order valence-corrected chi connectivity index (χ1v) is 7.21. The lowest BCUT2D eigenvalue weighted by atomic mass is 10.1. The smallest absolute Gasteiger partial charge is 0.264 e. The van der Waals surface area contributed by atoms with Crippen molar-refractivity contribution in [2.75, 3.05) is 0 Å². The van der Waals surface area contributed by atoms with Crippen LogP contribution in [0.1, 0.15) is 22.6 Å². The predicted molar refractivity (Wildman–Crippen MR) is 84.7 cm³/mol. The second-order valence-electron chi connectivity index (χ2n) is 5.44. The molecule has 0 bridgehead atoms. The molecule has 0 atom stereocenters. The first kappa shape index (κ1) is 14.3. The highest BCUT2D eigenvalue weighted by molar-refractivity contribution is 5.55. The van der Waals surface area contributed by atoms with E-state index in [9.17, 15) is 0 Å². The fraction of sp³-hybridized carbons (Fsp3) is 0.222. The van der Waals surface area contributed by atoms with E-state index >= 15 is 0 Å². The van der Waals surface area contributed by atoms with Crippen LogP contribution in [0.25, 0.3) is 11.4 Å². The fourth-order valence-corrected chi connectivity index (χ4v) is 2.32. The Morgan fingerprint density at radius 3 is 2.59 bits per heavy atom. The quantitative estimate of drug-likeness (QED) is 0.722. The van der Waals surface area contributed by atoms with Crippen LogP contribution in [0, 0.1) is 20.8 Å². The maximum Gasteiger partial charge on any atom is 0.264 e. The zero-order valence-corrected chi connectivity index (χ0v) is 13.0. The SMILES string of the molecule is Cc1cccc(-c2noc(COc3ccc(C)cc3C)n2)c1. The molecule has 0 radical (unpaired) electrons. The van der Waals surface area contributed by atoms with E-state index in [0.29, 0.717) is 11.7 Å². The molecule has 0 saturated heterocycles. The van der Waals surface area contributed by atoms with Gasteiger partial charge in [-0.2, -0.15) is 4.98 Å². The first-order valence-electron chi connectivity index (χ1n) is 7.21. The Bertz CT molecular complexity index is 793. The summed E-state index contributed by atoms with van der Waals surface area (Å²) >= 11 is 0. The molecule has 1 heterocycles. The van der Waals surface area contributed by atoms with Crippen molar-refractivity contribution in [2.45, 2.75) is 27.4 Å². The van der Waals surface area contributed by atoms with Gasteiger partial charge >= 0.3 is 0 Å². The van der Waals surface area contributed by atoms with Crippen molar-refractivity contribution >= 4 is 0 Å². The van der Waals surface area contributed by atoms with Crippen molar-refractivity contribution in [1.82, 2.24) is 10.1 Å². The Morgan fingerprint density at radius 2 is 1.82 bits per heavy atom. The molecule has 112 valence electrons. The zero-order valence-electron chi connectivity index (χ0n) is 13.0. The van der Waals surface area contributed by atoms with Gasteiger partial charge in [0, 0.05) is 5.56 Å². The highest BCUT2D eigenvalue weighted by Crippen LogP contribution is 2.21. The maximum atomic E-state index is 5.75. The number of hydrogen-bond donors (Lipinski definition) is 0. The van der Waals surface area contributed by atoms with Gasteiger partial charge in [0.1, 0.15) is 5.75 Å². The summed E-state index contributed by atoms with van der Waals surface area (Å²) in [5.74, 6) is 1.89. The molecule has 0 aliphatic carbocycles. The summed E-state index contributed by atoms with van der Waals surface area (Å²) < 4.78 is 11.0. The topological polar surface area (TPSA) is 48.2 Å². The first-order chi connectivity index (χ1) is 10.6. The standard InChI is InChI=1S/C18H18N2O2/c1-12-5-4-6-15(10-12)18-19-17(22-20-18)11-21-16-8-7-13(2)9-14(16)3/h4-10H,11H2,1-3H3. The lowest BCUT2D eigenvalue weighted by molar-refractivity contribution is 0.241. The predicted octanol–water partition coefficient (Wildman–Crippen LogP) is 4.24. The Balaban J connectivity index is 1.72. The van der Waals surface area contributed by atoms with Gasteiger partial charge in [-0.05, 0) is 38.5 Å². The molecule has 0 saturated carbocycles. The summed E-state index contributed by atoms with van der Waals surface area (Å²) in [6.45, 7) is 6.38. The summed E-state index contributed by atoms with van der Waals surface area (Å²) in [4.78, 5) is 4.38. The Hall–Kier alpha value is -2.62. The highest BCUT2D eigenvalue weighted by Gasteiger charge is 2.10. The van der Waals surface area contributed by atoms with Gasteiger partial charge in [0.25, 0.3) is 5.89 Å². The molecular weight excluding hydrogens is 276 g/mol. The summed E-state index contributed by atoms with van der Waals surface area (Å²) in [5.41, 5.74) is 4.42. The molecule has 0 amide bonds. The van der Waals surface area contributed by atoms with Gasteiger partial charge in [-0.25, -0.2) is 0 Å². The normalized spacial score (nSPS) is 10.7.